The number of aryl methyl sites for hydroxylation is 1. The van der Waals surface area contributed by atoms with Crippen molar-refractivity contribution >= 4 is 16.9 Å². The molecule has 0 saturated carbocycles. The van der Waals surface area contributed by atoms with Gasteiger partial charge in [0.2, 0.25) is 5.91 Å². The monoisotopic (exact) mass is 459 g/mol. The Hall–Kier alpha value is -4.18. The summed E-state index contributed by atoms with van der Waals surface area (Å²) in [6.07, 6.45) is 1.05. The highest BCUT2D eigenvalue weighted by molar-refractivity contribution is 5.79. The van der Waals surface area contributed by atoms with E-state index in [-0.39, 0.29) is 5.91 Å². The molecule has 1 N–H and O–H groups in total. The third-order valence-electron chi connectivity index (χ3n) is 6.25. The summed E-state index contributed by atoms with van der Waals surface area (Å²) in [6.45, 7) is 3.43. The van der Waals surface area contributed by atoms with Crippen molar-refractivity contribution in [2.24, 2.45) is 0 Å². The van der Waals surface area contributed by atoms with E-state index in [4.69, 9.17) is 4.98 Å². The minimum atomic E-state index is 0.0267. The molecule has 0 radical (unpaired) electrons. The highest BCUT2D eigenvalue weighted by Crippen LogP contribution is 2.20. The summed E-state index contributed by atoms with van der Waals surface area (Å²) >= 11 is 0. The van der Waals surface area contributed by atoms with Crippen LogP contribution >= 0.6 is 0 Å². The lowest BCUT2D eigenvalue weighted by molar-refractivity contribution is -0.120. The van der Waals surface area contributed by atoms with Gasteiger partial charge in [0.05, 0.1) is 17.5 Å². The molecule has 5 aromatic rings. The quantitative estimate of drug-likeness (QED) is 0.311. The summed E-state index contributed by atoms with van der Waals surface area (Å²) < 4.78 is 2.26. The maximum Gasteiger partial charge on any atom is 0.224 e. The minimum absolute atomic E-state index is 0.0267. The van der Waals surface area contributed by atoms with Gasteiger partial charge in [-0.05, 0) is 41.3 Å². The summed E-state index contributed by atoms with van der Waals surface area (Å²) in [6, 6.07) is 35.3. The molecule has 0 aliphatic rings. The molecule has 0 aliphatic heterocycles. The fourth-order valence-electron chi connectivity index (χ4n) is 4.49. The predicted octanol–water partition coefficient (Wildman–Crippen LogP) is 5.96. The van der Waals surface area contributed by atoms with Crippen LogP contribution in [0.3, 0.4) is 0 Å². The molecule has 5 rings (SSSR count). The lowest BCUT2D eigenvalue weighted by Gasteiger charge is -2.11. The van der Waals surface area contributed by atoms with Gasteiger partial charge in [0.25, 0.3) is 0 Å². The zero-order chi connectivity index (χ0) is 24.0. The van der Waals surface area contributed by atoms with Crippen molar-refractivity contribution in [3.63, 3.8) is 0 Å². The maximum absolute atomic E-state index is 12.6. The number of fused-ring (bicyclic) bond motifs is 1. The molecule has 0 fully saturated rings. The van der Waals surface area contributed by atoms with Crippen LogP contribution in [0.5, 0.6) is 0 Å². The Kier molecular flexibility index (Phi) is 6.71. The smallest absolute Gasteiger partial charge is 0.224 e. The average molecular weight is 460 g/mol. The Labute approximate surface area is 206 Å². The van der Waals surface area contributed by atoms with Crippen molar-refractivity contribution in [1.82, 2.24) is 14.9 Å². The molecule has 0 spiro atoms. The van der Waals surface area contributed by atoms with Crippen LogP contribution in [0.1, 0.15) is 22.5 Å². The number of para-hydroxylation sites is 2. The van der Waals surface area contributed by atoms with Crippen molar-refractivity contribution in [3.8, 4) is 11.1 Å². The van der Waals surface area contributed by atoms with Gasteiger partial charge in [0.1, 0.15) is 5.82 Å². The van der Waals surface area contributed by atoms with Gasteiger partial charge in [-0.3, -0.25) is 4.79 Å². The molecule has 1 heterocycles. The average Bonchev–Trinajstić information content (AvgIpc) is 3.22. The summed E-state index contributed by atoms with van der Waals surface area (Å²) in [5.74, 6) is 1.01. The number of nitrogens with one attached hydrogen (secondary N) is 1. The molecule has 4 nitrogen and oxygen atoms in total. The lowest BCUT2D eigenvalue weighted by Crippen LogP contribution is -2.28. The number of aromatic nitrogens is 2. The molecule has 4 heteroatoms. The molecule has 0 bridgehead atoms. The first-order valence-corrected chi connectivity index (χ1v) is 12.1. The largest absolute Gasteiger partial charge is 0.355 e. The number of hydrogen-bond acceptors (Lipinski definition) is 2. The highest BCUT2D eigenvalue weighted by atomic mass is 16.1. The van der Waals surface area contributed by atoms with E-state index in [1.807, 2.05) is 48.5 Å². The molecule has 35 heavy (non-hydrogen) atoms. The standard InChI is InChI=1S/C31H29N3O/c1-23-8-7-9-25(20-23)22-34-29-13-6-5-12-28(29)33-30(34)18-19-32-31(35)21-24-14-16-27(17-15-24)26-10-3-2-4-11-26/h2-17,20H,18-19,21-22H2,1H3,(H,32,35). The molecule has 4 aromatic carbocycles. The topological polar surface area (TPSA) is 46.9 Å². The van der Waals surface area contributed by atoms with Gasteiger partial charge in [0, 0.05) is 19.5 Å². The van der Waals surface area contributed by atoms with Gasteiger partial charge < -0.3 is 9.88 Å². The normalized spacial score (nSPS) is 11.0. The number of imidazole rings is 1. The molecular weight excluding hydrogens is 430 g/mol. The van der Waals surface area contributed by atoms with Crippen LogP contribution in [0.4, 0.5) is 0 Å². The van der Waals surface area contributed by atoms with Crippen molar-refractivity contribution in [2.75, 3.05) is 6.54 Å². The second kappa shape index (κ2) is 10.4. The van der Waals surface area contributed by atoms with Gasteiger partial charge in [0.15, 0.2) is 0 Å². The van der Waals surface area contributed by atoms with Gasteiger partial charge in [-0.15, -0.1) is 0 Å². The van der Waals surface area contributed by atoms with E-state index in [0.29, 0.717) is 19.4 Å². The molecule has 1 amide bonds. The Morgan fingerprint density at radius 3 is 2.34 bits per heavy atom. The third kappa shape index (κ3) is 5.49. The number of carbonyl (C=O) groups is 1. The van der Waals surface area contributed by atoms with Crippen molar-refractivity contribution in [3.05, 3.63) is 126 Å². The number of hydrogen-bond donors (Lipinski definition) is 1. The van der Waals surface area contributed by atoms with E-state index in [0.717, 1.165) is 34.5 Å². The Morgan fingerprint density at radius 1 is 0.800 bits per heavy atom. The molecular formula is C31H29N3O. The third-order valence-corrected chi connectivity index (χ3v) is 6.25. The molecule has 0 unspecified atom stereocenters. The zero-order valence-electron chi connectivity index (χ0n) is 19.9. The van der Waals surface area contributed by atoms with Crippen molar-refractivity contribution < 1.29 is 4.79 Å². The zero-order valence-corrected chi connectivity index (χ0v) is 19.9. The highest BCUT2D eigenvalue weighted by Gasteiger charge is 2.12. The molecule has 0 atom stereocenters. The van der Waals surface area contributed by atoms with Crippen LogP contribution in [-0.4, -0.2) is 22.0 Å². The Balaban J connectivity index is 1.22. The van der Waals surface area contributed by atoms with Crippen molar-refractivity contribution in [1.29, 1.82) is 0 Å². The van der Waals surface area contributed by atoms with Gasteiger partial charge in [-0.2, -0.15) is 0 Å². The fourth-order valence-corrected chi connectivity index (χ4v) is 4.49. The number of benzene rings is 4. The van der Waals surface area contributed by atoms with Gasteiger partial charge in [-0.1, -0.05) is 96.6 Å². The van der Waals surface area contributed by atoms with Gasteiger partial charge >= 0.3 is 0 Å². The predicted molar refractivity (Wildman–Crippen MR) is 142 cm³/mol. The first kappa shape index (κ1) is 22.6. The molecule has 1 aromatic heterocycles. The van der Waals surface area contributed by atoms with Crippen molar-refractivity contribution in [2.45, 2.75) is 26.3 Å². The first-order valence-electron chi connectivity index (χ1n) is 12.1. The minimum Gasteiger partial charge on any atom is -0.355 e. The Bertz CT molecular complexity index is 1440. The van der Waals surface area contributed by atoms with E-state index in [9.17, 15) is 4.79 Å². The number of rotatable bonds is 8. The summed E-state index contributed by atoms with van der Waals surface area (Å²) in [5.41, 5.74) is 7.94. The first-order chi connectivity index (χ1) is 17.2. The molecule has 0 saturated heterocycles. The van der Waals surface area contributed by atoms with E-state index < -0.39 is 0 Å². The fraction of sp³-hybridized carbons (Fsp3) is 0.161. The van der Waals surface area contributed by atoms with Gasteiger partial charge in [-0.25, -0.2) is 4.98 Å². The molecule has 174 valence electrons. The number of carbonyl (C=O) groups excluding carboxylic acids is 1. The van der Waals surface area contributed by atoms with Crippen LogP contribution in [0, 0.1) is 6.92 Å². The summed E-state index contributed by atoms with van der Waals surface area (Å²) in [5, 5.41) is 3.08. The summed E-state index contributed by atoms with van der Waals surface area (Å²) in [4.78, 5) is 17.5. The van der Waals surface area contributed by atoms with Crippen LogP contribution in [0.25, 0.3) is 22.2 Å². The van der Waals surface area contributed by atoms with Crippen LogP contribution in [0.15, 0.2) is 103 Å². The Morgan fingerprint density at radius 2 is 1.54 bits per heavy atom. The van der Waals surface area contributed by atoms with E-state index in [1.165, 1.54) is 16.7 Å². The maximum atomic E-state index is 12.6. The van der Waals surface area contributed by atoms with Crippen LogP contribution in [-0.2, 0) is 24.2 Å². The van der Waals surface area contributed by atoms with Crippen LogP contribution in [0.2, 0.25) is 0 Å². The lowest BCUT2D eigenvalue weighted by atomic mass is 10.0. The molecule has 0 aliphatic carbocycles. The van der Waals surface area contributed by atoms with Crippen LogP contribution < -0.4 is 5.32 Å². The second-order valence-electron chi connectivity index (χ2n) is 8.93. The van der Waals surface area contributed by atoms with E-state index in [2.05, 4.69) is 71.4 Å². The SMILES string of the molecule is Cc1cccc(Cn2c(CCNC(=O)Cc3ccc(-c4ccccc4)cc3)nc3ccccc32)c1. The summed E-state index contributed by atoms with van der Waals surface area (Å²) in [7, 11) is 0. The van der Waals surface area contributed by atoms with E-state index >= 15 is 0 Å². The van der Waals surface area contributed by atoms with E-state index in [1.54, 1.807) is 0 Å². The number of nitrogens with zero attached hydrogens (tertiary/aromatic N) is 2. The number of amides is 1. The second-order valence-corrected chi connectivity index (χ2v) is 8.93.